The number of rotatable bonds is 7. The van der Waals surface area contributed by atoms with Crippen LogP contribution in [-0.4, -0.2) is 32.0 Å². The third-order valence-electron chi connectivity index (χ3n) is 3.94. The Bertz CT molecular complexity index is 797. The number of benzene rings is 2. The average molecular weight is 502 g/mol. The second-order valence-corrected chi connectivity index (χ2v) is 6.09. The van der Waals surface area contributed by atoms with Crippen LogP contribution in [-0.2, 0) is 17.8 Å². The predicted octanol–water partition coefficient (Wildman–Crippen LogP) is 2.92. The third kappa shape index (κ3) is 8.20. The molecule has 0 bridgehead atoms. The first-order chi connectivity index (χ1) is 13.0. The summed E-state index contributed by atoms with van der Waals surface area (Å²) >= 11 is 0. The SMILES string of the molecule is CN=C(NCCNC(=O)Cc1ccc(F)cc1)NCc1ccc(C)c(F)c1.I. The molecule has 0 heterocycles. The van der Waals surface area contributed by atoms with Gasteiger partial charge in [-0.2, -0.15) is 0 Å². The molecule has 2 aromatic carbocycles. The van der Waals surface area contributed by atoms with Gasteiger partial charge >= 0.3 is 0 Å². The fourth-order valence-electron chi connectivity index (χ4n) is 2.39. The standard InChI is InChI=1S/C20H24F2N4O.HI/c1-14-3-4-16(11-18(14)22)13-26-20(23-2)25-10-9-24-19(27)12-15-5-7-17(21)8-6-15;/h3-8,11H,9-10,12-13H2,1-2H3,(H,24,27)(H2,23,25,26);1H. The molecule has 2 rings (SSSR count). The highest BCUT2D eigenvalue weighted by atomic mass is 127. The number of guanidine groups is 1. The zero-order chi connectivity index (χ0) is 19.6. The van der Waals surface area contributed by atoms with Crippen molar-refractivity contribution in [3.8, 4) is 0 Å². The highest BCUT2D eigenvalue weighted by Crippen LogP contribution is 2.08. The summed E-state index contributed by atoms with van der Waals surface area (Å²) in [6, 6.07) is 10.9. The van der Waals surface area contributed by atoms with Gasteiger partial charge in [-0.15, -0.1) is 24.0 Å². The highest BCUT2D eigenvalue weighted by molar-refractivity contribution is 14.0. The van der Waals surface area contributed by atoms with Crippen LogP contribution in [0.2, 0.25) is 0 Å². The van der Waals surface area contributed by atoms with Crippen LogP contribution >= 0.6 is 24.0 Å². The number of nitrogens with zero attached hydrogens (tertiary/aromatic N) is 1. The van der Waals surface area contributed by atoms with Crippen LogP contribution in [0.5, 0.6) is 0 Å². The third-order valence-corrected chi connectivity index (χ3v) is 3.94. The number of amides is 1. The van der Waals surface area contributed by atoms with E-state index in [1.165, 1.54) is 18.2 Å². The molecule has 0 spiro atoms. The van der Waals surface area contributed by atoms with Crippen LogP contribution in [0.3, 0.4) is 0 Å². The van der Waals surface area contributed by atoms with Gasteiger partial charge in [-0.3, -0.25) is 9.79 Å². The molecule has 2 aromatic rings. The summed E-state index contributed by atoms with van der Waals surface area (Å²) < 4.78 is 26.4. The summed E-state index contributed by atoms with van der Waals surface area (Å²) in [6.07, 6.45) is 0.201. The van der Waals surface area contributed by atoms with E-state index in [0.717, 1.165) is 11.1 Å². The van der Waals surface area contributed by atoms with E-state index >= 15 is 0 Å². The quantitative estimate of drug-likeness (QED) is 0.236. The van der Waals surface area contributed by atoms with Crippen molar-refractivity contribution in [2.24, 2.45) is 4.99 Å². The van der Waals surface area contributed by atoms with E-state index in [1.54, 1.807) is 32.2 Å². The fourth-order valence-corrected chi connectivity index (χ4v) is 2.39. The van der Waals surface area contributed by atoms with E-state index in [1.807, 2.05) is 6.07 Å². The van der Waals surface area contributed by atoms with Gasteiger partial charge in [0.1, 0.15) is 11.6 Å². The number of hydrogen-bond donors (Lipinski definition) is 3. The number of aliphatic imine (C=N–C) groups is 1. The molecule has 0 unspecified atom stereocenters. The number of halogens is 3. The first kappa shape index (κ1) is 23.8. The fraction of sp³-hybridized carbons (Fsp3) is 0.300. The molecule has 0 fully saturated rings. The van der Waals surface area contributed by atoms with Crippen molar-refractivity contribution in [3.05, 3.63) is 70.8 Å². The van der Waals surface area contributed by atoms with Gasteiger partial charge in [0.05, 0.1) is 6.42 Å². The summed E-state index contributed by atoms with van der Waals surface area (Å²) in [4.78, 5) is 16.0. The van der Waals surface area contributed by atoms with Crippen LogP contribution in [0, 0.1) is 18.6 Å². The minimum Gasteiger partial charge on any atom is -0.355 e. The topological polar surface area (TPSA) is 65.5 Å². The van der Waals surface area contributed by atoms with Crippen molar-refractivity contribution in [2.75, 3.05) is 20.1 Å². The molecular weight excluding hydrogens is 477 g/mol. The van der Waals surface area contributed by atoms with Crippen LogP contribution < -0.4 is 16.0 Å². The zero-order valence-electron chi connectivity index (χ0n) is 15.9. The molecule has 5 nitrogen and oxygen atoms in total. The molecule has 0 saturated heterocycles. The molecule has 0 aromatic heterocycles. The lowest BCUT2D eigenvalue weighted by Crippen LogP contribution is -2.41. The Morgan fingerprint density at radius 3 is 2.25 bits per heavy atom. The maximum Gasteiger partial charge on any atom is 0.224 e. The van der Waals surface area contributed by atoms with Crippen molar-refractivity contribution in [1.82, 2.24) is 16.0 Å². The van der Waals surface area contributed by atoms with E-state index in [2.05, 4.69) is 20.9 Å². The van der Waals surface area contributed by atoms with Gasteiger partial charge < -0.3 is 16.0 Å². The first-order valence-corrected chi connectivity index (χ1v) is 8.68. The Morgan fingerprint density at radius 1 is 0.964 bits per heavy atom. The number of carbonyl (C=O) groups is 1. The number of nitrogens with one attached hydrogen (secondary N) is 3. The maximum atomic E-state index is 13.6. The molecule has 0 aliphatic carbocycles. The molecule has 0 radical (unpaired) electrons. The van der Waals surface area contributed by atoms with Crippen LogP contribution in [0.4, 0.5) is 8.78 Å². The van der Waals surface area contributed by atoms with Gasteiger partial charge in [0.25, 0.3) is 0 Å². The lowest BCUT2D eigenvalue weighted by atomic mass is 10.1. The molecule has 8 heteroatoms. The van der Waals surface area contributed by atoms with E-state index < -0.39 is 0 Å². The molecule has 0 atom stereocenters. The van der Waals surface area contributed by atoms with Gasteiger partial charge in [0.2, 0.25) is 5.91 Å². The van der Waals surface area contributed by atoms with Crippen LogP contribution in [0.25, 0.3) is 0 Å². The second-order valence-electron chi connectivity index (χ2n) is 6.09. The lowest BCUT2D eigenvalue weighted by Gasteiger charge is -2.13. The molecule has 1 amide bonds. The molecular formula is C20H25F2IN4O. The summed E-state index contributed by atoms with van der Waals surface area (Å²) in [5.74, 6) is -0.137. The largest absolute Gasteiger partial charge is 0.355 e. The highest BCUT2D eigenvalue weighted by Gasteiger charge is 2.04. The minimum atomic E-state index is -0.324. The number of hydrogen-bond acceptors (Lipinski definition) is 2. The van der Waals surface area contributed by atoms with Crippen molar-refractivity contribution in [3.63, 3.8) is 0 Å². The molecule has 28 heavy (non-hydrogen) atoms. The average Bonchev–Trinajstić information content (AvgIpc) is 2.66. The van der Waals surface area contributed by atoms with E-state index in [9.17, 15) is 13.6 Å². The van der Waals surface area contributed by atoms with Gasteiger partial charge in [0, 0.05) is 26.7 Å². The number of carbonyl (C=O) groups excluding carboxylic acids is 1. The Morgan fingerprint density at radius 2 is 1.61 bits per heavy atom. The van der Waals surface area contributed by atoms with E-state index in [-0.39, 0.29) is 47.9 Å². The van der Waals surface area contributed by atoms with Gasteiger partial charge in [0.15, 0.2) is 5.96 Å². The predicted molar refractivity (Wildman–Crippen MR) is 118 cm³/mol. The first-order valence-electron chi connectivity index (χ1n) is 8.68. The summed E-state index contributed by atoms with van der Waals surface area (Å²) in [7, 11) is 1.64. The van der Waals surface area contributed by atoms with Crippen molar-refractivity contribution in [1.29, 1.82) is 0 Å². The Balaban J connectivity index is 0.00000392. The van der Waals surface area contributed by atoms with Gasteiger partial charge in [-0.25, -0.2) is 8.78 Å². The Labute approximate surface area is 181 Å². The number of aryl methyl sites for hydroxylation is 1. The molecule has 0 saturated carbocycles. The lowest BCUT2D eigenvalue weighted by molar-refractivity contribution is -0.120. The maximum absolute atomic E-state index is 13.6. The van der Waals surface area contributed by atoms with Gasteiger partial charge in [-0.1, -0.05) is 24.3 Å². The van der Waals surface area contributed by atoms with Gasteiger partial charge in [-0.05, 0) is 41.8 Å². The van der Waals surface area contributed by atoms with Crippen molar-refractivity contribution in [2.45, 2.75) is 19.9 Å². The Hall–Kier alpha value is -2.23. The smallest absolute Gasteiger partial charge is 0.224 e. The van der Waals surface area contributed by atoms with Crippen molar-refractivity contribution >= 4 is 35.8 Å². The monoisotopic (exact) mass is 502 g/mol. The zero-order valence-corrected chi connectivity index (χ0v) is 18.2. The normalized spacial score (nSPS) is 10.8. The summed E-state index contributed by atoms with van der Waals surface area (Å²) in [5, 5.41) is 8.95. The summed E-state index contributed by atoms with van der Waals surface area (Å²) in [6.45, 7) is 3.06. The van der Waals surface area contributed by atoms with Crippen LogP contribution in [0.1, 0.15) is 16.7 Å². The second kappa shape index (κ2) is 12.3. The van der Waals surface area contributed by atoms with Crippen LogP contribution in [0.15, 0.2) is 47.5 Å². The summed E-state index contributed by atoms with van der Waals surface area (Å²) in [5.41, 5.74) is 2.18. The van der Waals surface area contributed by atoms with Crippen molar-refractivity contribution < 1.29 is 13.6 Å². The van der Waals surface area contributed by atoms with E-state index in [4.69, 9.17) is 0 Å². The molecule has 3 N–H and O–H groups in total. The molecule has 0 aliphatic heterocycles. The Kier molecular flexibility index (Phi) is 10.4. The molecule has 152 valence electrons. The minimum absolute atomic E-state index is 0. The van der Waals surface area contributed by atoms with E-state index in [0.29, 0.717) is 31.2 Å². The molecule has 0 aliphatic rings.